The number of nitrogens with one attached hydrogen (secondary N) is 1. The Morgan fingerprint density at radius 3 is 2.68 bits per heavy atom. The summed E-state index contributed by atoms with van der Waals surface area (Å²) in [7, 11) is 0. The highest BCUT2D eigenvalue weighted by Crippen LogP contribution is 2.38. The fourth-order valence-electron chi connectivity index (χ4n) is 4.22. The van der Waals surface area contributed by atoms with Gasteiger partial charge in [0.05, 0.1) is 18.7 Å². The molecule has 34 heavy (non-hydrogen) atoms. The van der Waals surface area contributed by atoms with E-state index < -0.39 is 17.5 Å². The topological polar surface area (TPSA) is 87.6 Å². The maximum absolute atomic E-state index is 13.0. The smallest absolute Gasteiger partial charge is 0.416 e. The van der Waals surface area contributed by atoms with Crippen molar-refractivity contribution >= 4 is 22.6 Å². The van der Waals surface area contributed by atoms with Gasteiger partial charge in [-0.25, -0.2) is 0 Å². The number of ether oxygens (including phenoxy) is 1. The van der Waals surface area contributed by atoms with Crippen molar-refractivity contribution in [3.05, 3.63) is 48.0 Å². The van der Waals surface area contributed by atoms with Crippen molar-refractivity contribution in [2.24, 2.45) is 0 Å². The predicted molar refractivity (Wildman–Crippen MR) is 121 cm³/mol. The summed E-state index contributed by atoms with van der Waals surface area (Å²) >= 11 is 0. The Labute approximate surface area is 194 Å². The molecular formula is C24H25F3N4O3. The monoisotopic (exact) mass is 474 g/mol. The Balaban J connectivity index is 1.60. The van der Waals surface area contributed by atoms with E-state index >= 15 is 0 Å². The number of hydrogen-bond acceptors (Lipinski definition) is 7. The summed E-state index contributed by atoms with van der Waals surface area (Å²) in [4.78, 5) is 13.9. The minimum absolute atomic E-state index is 0.0335. The van der Waals surface area contributed by atoms with Gasteiger partial charge in [0.2, 0.25) is 0 Å². The van der Waals surface area contributed by atoms with Gasteiger partial charge in [-0.1, -0.05) is 24.3 Å². The van der Waals surface area contributed by atoms with Gasteiger partial charge in [0.25, 0.3) is 0 Å². The van der Waals surface area contributed by atoms with Crippen LogP contribution >= 0.6 is 0 Å². The van der Waals surface area contributed by atoms with E-state index in [4.69, 9.17) is 4.74 Å². The number of piperidine rings is 1. The molecule has 0 spiro atoms. The number of hydrogen-bond donors (Lipinski definition) is 2. The fourth-order valence-corrected chi connectivity index (χ4v) is 4.22. The average Bonchev–Trinajstić information content (AvgIpc) is 2.79. The standard InChI is InChI=1S/C24H25F3N4O3/c1-2-34-21(33)14-31-11-5-6-16(13-31)28-23-18-8-4-3-7-17(18)22(29-30-23)19-10-9-15(12-20(19)32)24(25,26)27/h3-4,7-10,12,16,32H,2,5-6,11,13-14H2,1H3,(H,28,30). The van der Waals surface area contributed by atoms with Gasteiger partial charge in [0, 0.05) is 28.9 Å². The van der Waals surface area contributed by atoms with Crippen molar-refractivity contribution in [2.45, 2.75) is 32.0 Å². The summed E-state index contributed by atoms with van der Waals surface area (Å²) < 4.78 is 44.0. The number of rotatable bonds is 6. The number of fused-ring (bicyclic) bond motifs is 1. The summed E-state index contributed by atoms with van der Waals surface area (Å²) in [5, 5.41) is 23.6. The van der Waals surface area contributed by atoms with Crippen LogP contribution in [0.3, 0.4) is 0 Å². The maximum Gasteiger partial charge on any atom is 0.416 e. The van der Waals surface area contributed by atoms with Crippen LogP contribution in [0.1, 0.15) is 25.3 Å². The first-order valence-corrected chi connectivity index (χ1v) is 11.1. The number of nitrogens with zero attached hydrogens (tertiary/aromatic N) is 3. The van der Waals surface area contributed by atoms with Crippen LogP contribution in [0.5, 0.6) is 5.75 Å². The Hall–Kier alpha value is -3.40. The number of anilines is 1. The normalized spacial score (nSPS) is 17.0. The Bertz CT molecular complexity index is 1190. The van der Waals surface area contributed by atoms with Gasteiger partial charge in [-0.15, -0.1) is 10.2 Å². The van der Waals surface area contributed by atoms with E-state index in [9.17, 15) is 23.1 Å². The molecule has 2 aromatic carbocycles. The Morgan fingerprint density at radius 1 is 1.21 bits per heavy atom. The van der Waals surface area contributed by atoms with Gasteiger partial charge >= 0.3 is 12.1 Å². The van der Waals surface area contributed by atoms with Crippen LogP contribution in [0.2, 0.25) is 0 Å². The second kappa shape index (κ2) is 9.84. The first-order valence-electron chi connectivity index (χ1n) is 11.1. The zero-order valence-corrected chi connectivity index (χ0v) is 18.6. The third-order valence-corrected chi connectivity index (χ3v) is 5.77. The molecule has 2 heterocycles. The van der Waals surface area contributed by atoms with Crippen molar-refractivity contribution in [1.82, 2.24) is 15.1 Å². The molecule has 1 atom stereocenters. The molecule has 1 fully saturated rings. The molecule has 1 aliphatic heterocycles. The van der Waals surface area contributed by atoms with E-state index in [-0.39, 0.29) is 24.1 Å². The summed E-state index contributed by atoms with van der Waals surface area (Å²) in [5.74, 6) is -0.236. The number of esters is 1. The molecule has 7 nitrogen and oxygen atoms in total. The highest BCUT2D eigenvalue weighted by Gasteiger charge is 2.31. The van der Waals surface area contributed by atoms with Crippen LogP contribution in [0.25, 0.3) is 22.0 Å². The quantitative estimate of drug-likeness (QED) is 0.510. The first kappa shape index (κ1) is 23.7. The van der Waals surface area contributed by atoms with E-state index in [0.29, 0.717) is 36.1 Å². The number of aromatic nitrogens is 2. The zero-order valence-electron chi connectivity index (χ0n) is 18.6. The number of phenols is 1. The second-order valence-corrected chi connectivity index (χ2v) is 8.20. The number of carbonyl (C=O) groups excluding carboxylic acids is 1. The number of benzene rings is 2. The summed E-state index contributed by atoms with van der Waals surface area (Å²) in [5.41, 5.74) is -0.476. The SMILES string of the molecule is CCOC(=O)CN1CCCC(Nc2nnc(-c3ccc(C(F)(F)F)cc3O)c3ccccc23)C1. The third-order valence-electron chi connectivity index (χ3n) is 5.77. The predicted octanol–water partition coefficient (Wildman–Crippen LogP) is 4.46. The summed E-state index contributed by atoms with van der Waals surface area (Å²) in [6.07, 6.45) is -2.77. The van der Waals surface area contributed by atoms with E-state index in [1.54, 1.807) is 19.1 Å². The van der Waals surface area contributed by atoms with E-state index in [0.717, 1.165) is 30.8 Å². The maximum atomic E-state index is 13.0. The van der Waals surface area contributed by atoms with Crippen LogP contribution < -0.4 is 5.32 Å². The molecule has 0 saturated carbocycles. The molecule has 0 bridgehead atoms. The van der Waals surface area contributed by atoms with Crippen molar-refractivity contribution in [3.8, 4) is 17.0 Å². The van der Waals surface area contributed by atoms with Crippen LogP contribution in [-0.2, 0) is 15.7 Å². The molecule has 1 saturated heterocycles. The van der Waals surface area contributed by atoms with Gasteiger partial charge in [-0.2, -0.15) is 13.2 Å². The lowest BCUT2D eigenvalue weighted by Crippen LogP contribution is -2.44. The van der Waals surface area contributed by atoms with Gasteiger partial charge < -0.3 is 15.2 Å². The Morgan fingerprint density at radius 2 is 1.97 bits per heavy atom. The van der Waals surface area contributed by atoms with Gasteiger partial charge in [0.15, 0.2) is 5.82 Å². The molecule has 4 rings (SSSR count). The van der Waals surface area contributed by atoms with Gasteiger partial charge in [-0.3, -0.25) is 9.69 Å². The number of halogens is 3. The molecule has 0 radical (unpaired) electrons. The lowest BCUT2D eigenvalue weighted by Gasteiger charge is -2.32. The minimum Gasteiger partial charge on any atom is -0.507 e. The molecule has 1 aromatic heterocycles. The van der Waals surface area contributed by atoms with Crippen molar-refractivity contribution < 1.29 is 27.8 Å². The summed E-state index contributed by atoms with van der Waals surface area (Å²) in [6.45, 7) is 3.78. The molecule has 0 amide bonds. The molecule has 0 aliphatic carbocycles. The number of phenolic OH excluding ortho intramolecular Hbond substituents is 1. The van der Waals surface area contributed by atoms with E-state index in [2.05, 4.69) is 15.5 Å². The van der Waals surface area contributed by atoms with E-state index in [1.807, 2.05) is 17.0 Å². The van der Waals surface area contributed by atoms with Crippen molar-refractivity contribution in [1.29, 1.82) is 0 Å². The number of alkyl halides is 3. The van der Waals surface area contributed by atoms with Crippen LogP contribution in [0.15, 0.2) is 42.5 Å². The zero-order chi connectivity index (χ0) is 24.3. The minimum atomic E-state index is -4.56. The third kappa shape index (κ3) is 5.22. The molecule has 3 aromatic rings. The molecule has 180 valence electrons. The number of aromatic hydroxyl groups is 1. The highest BCUT2D eigenvalue weighted by atomic mass is 19.4. The molecule has 10 heteroatoms. The lowest BCUT2D eigenvalue weighted by molar-refractivity contribution is -0.144. The van der Waals surface area contributed by atoms with Crippen LogP contribution in [-0.4, -0.2) is 58.5 Å². The number of likely N-dealkylation sites (tertiary alicyclic amines) is 1. The molecule has 1 aliphatic rings. The van der Waals surface area contributed by atoms with Gasteiger partial charge in [0.1, 0.15) is 11.4 Å². The van der Waals surface area contributed by atoms with Crippen molar-refractivity contribution in [2.75, 3.05) is 31.6 Å². The lowest BCUT2D eigenvalue weighted by atomic mass is 10.0. The average molecular weight is 474 g/mol. The molecule has 2 N–H and O–H groups in total. The fraction of sp³-hybridized carbons (Fsp3) is 0.375. The molecule has 1 unspecified atom stereocenters. The summed E-state index contributed by atoms with van der Waals surface area (Å²) in [6, 6.07) is 10.1. The largest absolute Gasteiger partial charge is 0.507 e. The van der Waals surface area contributed by atoms with E-state index in [1.165, 1.54) is 6.07 Å². The Kier molecular flexibility index (Phi) is 6.87. The van der Waals surface area contributed by atoms with Crippen LogP contribution in [0, 0.1) is 0 Å². The second-order valence-electron chi connectivity index (χ2n) is 8.20. The van der Waals surface area contributed by atoms with Crippen LogP contribution in [0.4, 0.5) is 19.0 Å². The number of carbonyl (C=O) groups is 1. The molecular weight excluding hydrogens is 449 g/mol. The van der Waals surface area contributed by atoms with Crippen molar-refractivity contribution in [3.63, 3.8) is 0 Å². The first-order chi connectivity index (χ1) is 16.3. The van der Waals surface area contributed by atoms with Gasteiger partial charge in [-0.05, 0) is 44.5 Å². The highest BCUT2D eigenvalue weighted by molar-refractivity contribution is 6.00.